The number of fused-ring (bicyclic) bond motifs is 1. The molecule has 1 aliphatic rings. The predicted molar refractivity (Wildman–Crippen MR) is 72.1 cm³/mol. The zero-order chi connectivity index (χ0) is 14.9. The molecule has 2 rings (SSSR count). The lowest BCUT2D eigenvalue weighted by molar-refractivity contribution is -0.142. The van der Waals surface area contributed by atoms with E-state index in [1.807, 2.05) is 13.8 Å². The molecule has 0 aliphatic carbocycles. The summed E-state index contributed by atoms with van der Waals surface area (Å²) >= 11 is 0. The van der Waals surface area contributed by atoms with Crippen LogP contribution in [-0.2, 0) is 17.8 Å². The number of nitrogens with one attached hydrogen (secondary N) is 1. The van der Waals surface area contributed by atoms with E-state index < -0.39 is 12.0 Å². The highest BCUT2D eigenvalue weighted by molar-refractivity contribution is 5.83. The molecule has 0 saturated carbocycles. The molecule has 0 aromatic carbocycles. The van der Waals surface area contributed by atoms with Crippen molar-refractivity contribution >= 4 is 12.0 Å². The molecular weight excluding hydrogens is 260 g/mol. The van der Waals surface area contributed by atoms with Gasteiger partial charge in [0.1, 0.15) is 6.04 Å². The molecule has 0 bridgehead atoms. The number of aliphatic carboxylic acids is 1. The molecule has 1 aliphatic heterocycles. The number of hydrogen-bond acceptors (Lipinski definition) is 3. The van der Waals surface area contributed by atoms with Gasteiger partial charge in [0, 0.05) is 20.0 Å². The number of aromatic amines is 1. The SMILES string of the molecule is CC(C)CN(C)C(=O)N1Cc2[nH]cnc2CC1C(=O)O. The molecule has 1 aromatic rings. The Balaban J connectivity index is 2.20. The molecule has 1 unspecified atom stereocenters. The second kappa shape index (κ2) is 5.52. The number of nitrogens with zero attached hydrogens (tertiary/aromatic N) is 3. The third kappa shape index (κ3) is 2.76. The van der Waals surface area contributed by atoms with Crippen molar-refractivity contribution in [3.8, 4) is 0 Å². The number of aromatic nitrogens is 2. The smallest absolute Gasteiger partial charge is 0.326 e. The average molecular weight is 280 g/mol. The molecule has 20 heavy (non-hydrogen) atoms. The molecule has 0 radical (unpaired) electrons. The van der Waals surface area contributed by atoms with E-state index in [4.69, 9.17) is 0 Å². The Morgan fingerprint density at radius 1 is 1.60 bits per heavy atom. The lowest BCUT2D eigenvalue weighted by Crippen LogP contribution is -2.53. The van der Waals surface area contributed by atoms with Crippen LogP contribution in [0.1, 0.15) is 25.2 Å². The van der Waals surface area contributed by atoms with Gasteiger partial charge in [-0.3, -0.25) is 0 Å². The summed E-state index contributed by atoms with van der Waals surface area (Å²) in [6.45, 7) is 4.88. The van der Waals surface area contributed by atoms with Gasteiger partial charge in [0.05, 0.1) is 24.3 Å². The van der Waals surface area contributed by atoms with Crippen LogP contribution in [0.4, 0.5) is 4.79 Å². The van der Waals surface area contributed by atoms with E-state index in [1.165, 1.54) is 11.2 Å². The van der Waals surface area contributed by atoms with Gasteiger partial charge in [-0.15, -0.1) is 0 Å². The summed E-state index contributed by atoms with van der Waals surface area (Å²) in [5, 5.41) is 9.33. The lowest BCUT2D eigenvalue weighted by Gasteiger charge is -2.35. The summed E-state index contributed by atoms with van der Waals surface area (Å²) in [6.07, 6.45) is 1.78. The Kier molecular flexibility index (Phi) is 3.96. The quantitative estimate of drug-likeness (QED) is 0.862. The van der Waals surface area contributed by atoms with Crippen molar-refractivity contribution in [1.29, 1.82) is 0 Å². The maximum absolute atomic E-state index is 12.4. The third-order valence-corrected chi connectivity index (χ3v) is 3.40. The fourth-order valence-corrected chi connectivity index (χ4v) is 2.50. The van der Waals surface area contributed by atoms with E-state index in [2.05, 4.69) is 9.97 Å². The van der Waals surface area contributed by atoms with E-state index in [0.29, 0.717) is 12.5 Å². The summed E-state index contributed by atoms with van der Waals surface area (Å²) in [4.78, 5) is 33.9. The van der Waals surface area contributed by atoms with Crippen LogP contribution in [0.2, 0.25) is 0 Å². The summed E-state index contributed by atoms with van der Waals surface area (Å²) in [5.41, 5.74) is 1.54. The van der Waals surface area contributed by atoms with Gasteiger partial charge in [0.25, 0.3) is 0 Å². The summed E-state index contributed by atoms with van der Waals surface area (Å²) < 4.78 is 0. The number of H-pyrrole nitrogens is 1. The molecule has 0 fully saturated rings. The minimum Gasteiger partial charge on any atom is -0.480 e. The van der Waals surface area contributed by atoms with Gasteiger partial charge >= 0.3 is 12.0 Å². The molecule has 0 spiro atoms. The first-order valence-corrected chi connectivity index (χ1v) is 6.65. The van der Waals surface area contributed by atoms with Crippen LogP contribution in [0, 0.1) is 5.92 Å². The number of carbonyl (C=O) groups excluding carboxylic acids is 1. The Labute approximate surface area is 117 Å². The Hall–Kier alpha value is -2.05. The van der Waals surface area contributed by atoms with Crippen LogP contribution in [0.3, 0.4) is 0 Å². The normalized spacial score (nSPS) is 18.0. The van der Waals surface area contributed by atoms with E-state index >= 15 is 0 Å². The molecule has 1 atom stereocenters. The number of rotatable bonds is 3. The van der Waals surface area contributed by atoms with Gasteiger partial charge in [-0.1, -0.05) is 13.8 Å². The van der Waals surface area contributed by atoms with Gasteiger partial charge in [-0.05, 0) is 5.92 Å². The fourth-order valence-electron chi connectivity index (χ4n) is 2.50. The van der Waals surface area contributed by atoms with Crippen LogP contribution in [0.5, 0.6) is 0 Å². The highest BCUT2D eigenvalue weighted by Crippen LogP contribution is 2.22. The predicted octanol–water partition coefficient (Wildman–Crippen LogP) is 0.929. The number of carboxylic acids is 1. The van der Waals surface area contributed by atoms with Crippen molar-refractivity contribution in [2.24, 2.45) is 5.92 Å². The van der Waals surface area contributed by atoms with E-state index in [0.717, 1.165) is 11.4 Å². The van der Waals surface area contributed by atoms with Gasteiger partial charge in [-0.2, -0.15) is 0 Å². The van der Waals surface area contributed by atoms with Gasteiger partial charge < -0.3 is 19.9 Å². The van der Waals surface area contributed by atoms with E-state index in [1.54, 1.807) is 11.9 Å². The molecule has 7 heteroatoms. The fraction of sp³-hybridized carbons (Fsp3) is 0.615. The third-order valence-electron chi connectivity index (χ3n) is 3.40. The first kappa shape index (κ1) is 14.4. The summed E-state index contributed by atoms with van der Waals surface area (Å²) in [5.74, 6) is -0.662. The van der Waals surface area contributed by atoms with Crippen molar-refractivity contribution in [2.45, 2.75) is 32.9 Å². The molecule has 0 saturated heterocycles. The number of carboxylic acid groups (broad SMARTS) is 1. The van der Waals surface area contributed by atoms with Crippen LogP contribution >= 0.6 is 0 Å². The number of hydrogen-bond donors (Lipinski definition) is 2. The van der Waals surface area contributed by atoms with E-state index in [-0.39, 0.29) is 19.0 Å². The largest absolute Gasteiger partial charge is 0.480 e. The monoisotopic (exact) mass is 280 g/mol. The first-order valence-electron chi connectivity index (χ1n) is 6.65. The van der Waals surface area contributed by atoms with Gasteiger partial charge in [0.15, 0.2) is 0 Å². The topological polar surface area (TPSA) is 89.5 Å². The summed E-state index contributed by atoms with van der Waals surface area (Å²) in [7, 11) is 1.70. The molecule has 2 amide bonds. The van der Waals surface area contributed by atoms with Crippen LogP contribution < -0.4 is 0 Å². The van der Waals surface area contributed by atoms with Crippen molar-refractivity contribution in [3.05, 3.63) is 17.7 Å². The minimum absolute atomic E-state index is 0.245. The lowest BCUT2D eigenvalue weighted by atomic mass is 10.0. The maximum Gasteiger partial charge on any atom is 0.326 e. The average Bonchev–Trinajstić information content (AvgIpc) is 2.82. The number of amides is 2. The highest BCUT2D eigenvalue weighted by Gasteiger charge is 2.37. The maximum atomic E-state index is 12.4. The Morgan fingerprint density at radius 2 is 2.30 bits per heavy atom. The van der Waals surface area contributed by atoms with E-state index in [9.17, 15) is 14.7 Å². The molecule has 7 nitrogen and oxygen atoms in total. The number of urea groups is 1. The second-order valence-corrected chi connectivity index (χ2v) is 5.57. The molecule has 2 heterocycles. The summed E-state index contributed by atoms with van der Waals surface area (Å²) in [6, 6.07) is -1.11. The van der Waals surface area contributed by atoms with Crippen LogP contribution in [0.25, 0.3) is 0 Å². The van der Waals surface area contributed by atoms with Crippen molar-refractivity contribution < 1.29 is 14.7 Å². The first-order chi connectivity index (χ1) is 9.40. The van der Waals surface area contributed by atoms with Crippen molar-refractivity contribution in [1.82, 2.24) is 19.8 Å². The van der Waals surface area contributed by atoms with Gasteiger partial charge in [0.2, 0.25) is 0 Å². The second-order valence-electron chi connectivity index (χ2n) is 5.57. The molecule has 2 N–H and O–H groups in total. The van der Waals surface area contributed by atoms with Crippen LogP contribution in [-0.4, -0.2) is 56.5 Å². The standard InChI is InChI=1S/C13H20N4O3/c1-8(2)5-16(3)13(20)17-6-10-9(14-7-15-10)4-11(17)12(18)19/h7-8,11H,4-6H2,1-3H3,(H,14,15)(H,18,19). The molecule has 1 aromatic heterocycles. The Morgan fingerprint density at radius 3 is 2.90 bits per heavy atom. The van der Waals surface area contributed by atoms with Crippen molar-refractivity contribution in [3.63, 3.8) is 0 Å². The Bertz CT molecular complexity index is 511. The minimum atomic E-state index is -0.995. The zero-order valence-electron chi connectivity index (χ0n) is 12.0. The zero-order valence-corrected chi connectivity index (χ0v) is 12.0. The molecule has 110 valence electrons. The highest BCUT2D eigenvalue weighted by atomic mass is 16.4. The van der Waals surface area contributed by atoms with Crippen LogP contribution in [0.15, 0.2) is 6.33 Å². The number of carbonyl (C=O) groups is 2. The molecular formula is C13H20N4O3. The number of imidazole rings is 1. The van der Waals surface area contributed by atoms with Crippen molar-refractivity contribution in [2.75, 3.05) is 13.6 Å². The van der Waals surface area contributed by atoms with Gasteiger partial charge in [-0.25, -0.2) is 14.6 Å².